The van der Waals surface area contributed by atoms with Crippen LogP contribution in [-0.2, 0) is 0 Å². The van der Waals surface area contributed by atoms with Crippen molar-refractivity contribution in [3.63, 3.8) is 0 Å². The van der Waals surface area contributed by atoms with Crippen molar-refractivity contribution >= 4 is 11.6 Å². The van der Waals surface area contributed by atoms with Gasteiger partial charge in [0.2, 0.25) is 12.5 Å². The second-order valence-corrected chi connectivity index (χ2v) is 4.93. The van der Waals surface area contributed by atoms with Crippen molar-refractivity contribution < 1.29 is 23.7 Å². The first-order valence-electron chi connectivity index (χ1n) is 6.20. The molecule has 0 radical (unpaired) electrons. The standard InChI is InChI=1S/C15H12ClFO4/c1-19-12-4-8(5-13-15(12)21-7-20-13)14(18)10-6-9(17)2-3-11(10)16/h2-6,14,18H,7H2,1H3. The van der Waals surface area contributed by atoms with Crippen LogP contribution in [0.3, 0.4) is 0 Å². The van der Waals surface area contributed by atoms with Gasteiger partial charge in [0.25, 0.3) is 0 Å². The Morgan fingerprint density at radius 1 is 1.29 bits per heavy atom. The molecule has 0 aliphatic carbocycles. The number of benzene rings is 2. The molecule has 1 atom stereocenters. The van der Waals surface area contributed by atoms with Crippen molar-refractivity contribution in [2.75, 3.05) is 13.9 Å². The molecule has 1 heterocycles. The van der Waals surface area contributed by atoms with Crippen molar-refractivity contribution in [1.82, 2.24) is 0 Å². The van der Waals surface area contributed by atoms with E-state index in [1.54, 1.807) is 12.1 Å². The highest BCUT2D eigenvalue weighted by atomic mass is 35.5. The highest BCUT2D eigenvalue weighted by Crippen LogP contribution is 2.44. The summed E-state index contributed by atoms with van der Waals surface area (Å²) >= 11 is 6.02. The second kappa shape index (κ2) is 5.42. The van der Waals surface area contributed by atoms with Gasteiger partial charge in [-0.25, -0.2) is 4.39 Å². The Hall–Kier alpha value is -1.98. The van der Waals surface area contributed by atoms with E-state index >= 15 is 0 Å². The van der Waals surface area contributed by atoms with Gasteiger partial charge in [0, 0.05) is 10.6 Å². The minimum absolute atomic E-state index is 0.0892. The summed E-state index contributed by atoms with van der Waals surface area (Å²) < 4.78 is 29.2. The van der Waals surface area contributed by atoms with Crippen LogP contribution in [-0.4, -0.2) is 19.0 Å². The SMILES string of the molecule is COc1cc(C(O)c2cc(F)ccc2Cl)cc2c1OCO2. The maximum Gasteiger partial charge on any atom is 0.231 e. The molecule has 0 fully saturated rings. The number of hydrogen-bond donors (Lipinski definition) is 1. The van der Waals surface area contributed by atoms with E-state index in [1.165, 1.54) is 25.3 Å². The summed E-state index contributed by atoms with van der Waals surface area (Å²) in [5.74, 6) is 0.919. The zero-order valence-corrected chi connectivity index (χ0v) is 11.9. The monoisotopic (exact) mass is 310 g/mol. The third kappa shape index (κ3) is 2.50. The minimum Gasteiger partial charge on any atom is -0.493 e. The van der Waals surface area contributed by atoms with Crippen molar-refractivity contribution in [1.29, 1.82) is 0 Å². The van der Waals surface area contributed by atoms with Crippen LogP contribution in [0.4, 0.5) is 4.39 Å². The maximum absolute atomic E-state index is 13.3. The van der Waals surface area contributed by atoms with Gasteiger partial charge in [-0.3, -0.25) is 0 Å². The number of halogens is 2. The van der Waals surface area contributed by atoms with E-state index in [2.05, 4.69) is 0 Å². The van der Waals surface area contributed by atoms with E-state index in [9.17, 15) is 9.50 Å². The summed E-state index contributed by atoms with van der Waals surface area (Å²) in [5, 5.41) is 10.7. The molecule has 4 nitrogen and oxygen atoms in total. The zero-order valence-electron chi connectivity index (χ0n) is 11.1. The Labute approximate surface area is 125 Å². The van der Waals surface area contributed by atoms with Crippen molar-refractivity contribution in [3.05, 3.63) is 52.3 Å². The molecule has 0 bridgehead atoms. The predicted octanol–water partition coefficient (Wildman–Crippen LogP) is 3.30. The first kappa shape index (κ1) is 14.0. The summed E-state index contributed by atoms with van der Waals surface area (Å²) in [6.45, 7) is 0.0892. The second-order valence-electron chi connectivity index (χ2n) is 4.53. The number of aliphatic hydroxyl groups is 1. The van der Waals surface area contributed by atoms with Gasteiger partial charge in [-0.2, -0.15) is 0 Å². The fourth-order valence-electron chi connectivity index (χ4n) is 2.21. The number of hydrogen-bond acceptors (Lipinski definition) is 4. The zero-order chi connectivity index (χ0) is 15.0. The molecule has 110 valence electrons. The van der Waals surface area contributed by atoms with Crippen molar-refractivity contribution in [2.45, 2.75) is 6.10 Å². The van der Waals surface area contributed by atoms with Gasteiger partial charge in [-0.05, 0) is 35.9 Å². The summed E-state index contributed by atoms with van der Waals surface area (Å²) in [6, 6.07) is 7.07. The maximum atomic E-state index is 13.3. The number of ether oxygens (including phenoxy) is 3. The van der Waals surface area contributed by atoms with Crippen LogP contribution in [0.15, 0.2) is 30.3 Å². The quantitative estimate of drug-likeness (QED) is 0.945. The van der Waals surface area contributed by atoms with E-state index in [1.807, 2.05) is 0 Å². The minimum atomic E-state index is -1.10. The lowest BCUT2D eigenvalue weighted by Crippen LogP contribution is -2.02. The normalized spacial score (nSPS) is 14.1. The van der Waals surface area contributed by atoms with E-state index < -0.39 is 11.9 Å². The first-order valence-corrected chi connectivity index (χ1v) is 6.58. The molecule has 1 aliphatic rings. The van der Waals surface area contributed by atoms with Gasteiger partial charge >= 0.3 is 0 Å². The van der Waals surface area contributed by atoms with E-state index in [-0.39, 0.29) is 17.4 Å². The number of methoxy groups -OCH3 is 1. The van der Waals surface area contributed by atoms with Gasteiger partial charge in [-0.1, -0.05) is 11.6 Å². The van der Waals surface area contributed by atoms with Gasteiger partial charge in [0.05, 0.1) is 7.11 Å². The molecule has 0 saturated carbocycles. The lowest BCUT2D eigenvalue weighted by molar-refractivity contribution is 0.171. The average molecular weight is 311 g/mol. The topological polar surface area (TPSA) is 47.9 Å². The fraction of sp³-hybridized carbons (Fsp3) is 0.200. The molecule has 0 saturated heterocycles. The summed E-state index contributed by atoms with van der Waals surface area (Å²) in [5.41, 5.74) is 0.751. The summed E-state index contributed by atoms with van der Waals surface area (Å²) in [7, 11) is 1.49. The van der Waals surface area contributed by atoms with Crippen molar-refractivity contribution in [2.24, 2.45) is 0 Å². The van der Waals surface area contributed by atoms with Crippen LogP contribution < -0.4 is 14.2 Å². The largest absolute Gasteiger partial charge is 0.493 e. The third-order valence-corrected chi connectivity index (χ3v) is 3.59. The molecule has 1 unspecified atom stereocenters. The molecule has 0 amide bonds. The van der Waals surface area contributed by atoms with E-state index in [4.69, 9.17) is 25.8 Å². The van der Waals surface area contributed by atoms with Crippen LogP contribution in [0.2, 0.25) is 5.02 Å². The van der Waals surface area contributed by atoms with Crippen molar-refractivity contribution in [3.8, 4) is 17.2 Å². The molecule has 21 heavy (non-hydrogen) atoms. The van der Waals surface area contributed by atoms with Gasteiger partial charge < -0.3 is 19.3 Å². The van der Waals surface area contributed by atoms with Crippen LogP contribution in [0.25, 0.3) is 0 Å². The Balaban J connectivity index is 2.06. The molecular weight excluding hydrogens is 299 g/mol. The summed E-state index contributed by atoms with van der Waals surface area (Å²) in [6.07, 6.45) is -1.10. The van der Waals surface area contributed by atoms with Crippen LogP contribution in [0.5, 0.6) is 17.2 Å². The van der Waals surface area contributed by atoms with E-state index in [0.717, 1.165) is 0 Å². The van der Waals surface area contributed by atoms with Gasteiger partial charge in [0.1, 0.15) is 11.9 Å². The number of aliphatic hydroxyl groups excluding tert-OH is 1. The van der Waals surface area contributed by atoms with Gasteiger partial charge in [0.15, 0.2) is 11.5 Å². The molecule has 0 spiro atoms. The lowest BCUT2D eigenvalue weighted by Gasteiger charge is -2.15. The molecule has 6 heteroatoms. The highest BCUT2D eigenvalue weighted by molar-refractivity contribution is 6.31. The number of fused-ring (bicyclic) bond motifs is 1. The van der Waals surface area contributed by atoms with Crippen LogP contribution in [0.1, 0.15) is 17.2 Å². The molecule has 2 aromatic carbocycles. The molecule has 2 aromatic rings. The predicted molar refractivity (Wildman–Crippen MR) is 74.6 cm³/mol. The Kier molecular flexibility index (Phi) is 3.61. The smallest absolute Gasteiger partial charge is 0.231 e. The Bertz CT molecular complexity index is 690. The first-order chi connectivity index (χ1) is 10.1. The molecule has 1 aliphatic heterocycles. The molecular formula is C15H12ClFO4. The van der Waals surface area contributed by atoms with Gasteiger partial charge in [-0.15, -0.1) is 0 Å². The summed E-state index contributed by atoms with van der Waals surface area (Å²) in [4.78, 5) is 0. The fourth-order valence-corrected chi connectivity index (χ4v) is 2.43. The third-order valence-electron chi connectivity index (χ3n) is 3.25. The Morgan fingerprint density at radius 2 is 2.10 bits per heavy atom. The average Bonchev–Trinajstić information content (AvgIpc) is 2.96. The highest BCUT2D eigenvalue weighted by Gasteiger charge is 2.24. The molecule has 0 aromatic heterocycles. The van der Waals surface area contributed by atoms with E-state index in [0.29, 0.717) is 22.8 Å². The molecule has 1 N–H and O–H groups in total. The van der Waals surface area contributed by atoms with Crippen LogP contribution in [0, 0.1) is 5.82 Å². The number of rotatable bonds is 3. The molecule has 3 rings (SSSR count). The Morgan fingerprint density at radius 3 is 2.86 bits per heavy atom. The van der Waals surface area contributed by atoms with Crippen LogP contribution >= 0.6 is 11.6 Å². The lowest BCUT2D eigenvalue weighted by atomic mass is 10.0.